The van der Waals surface area contributed by atoms with E-state index in [0.717, 1.165) is 5.56 Å². The van der Waals surface area contributed by atoms with Crippen molar-refractivity contribution in [3.8, 4) is 5.75 Å². The van der Waals surface area contributed by atoms with Crippen molar-refractivity contribution in [3.05, 3.63) is 58.9 Å². The molecule has 0 unspecified atom stereocenters. The number of carbonyl (C=O) groups excluding carboxylic acids is 2. The second-order valence-corrected chi connectivity index (χ2v) is 7.26. The number of rotatable bonds is 8. The molecule has 0 saturated heterocycles. The molecule has 0 heterocycles. The molecule has 0 fully saturated rings. The number of urea groups is 1. The van der Waals surface area contributed by atoms with Crippen LogP contribution in [-0.4, -0.2) is 30.5 Å². The number of hydrogen-bond donors (Lipinski definition) is 4. The Hall–Kier alpha value is -3.33. The predicted octanol–water partition coefficient (Wildman–Crippen LogP) is 3.22. The average molecular weight is 450 g/mol. The fourth-order valence-corrected chi connectivity index (χ4v) is 2.51. The van der Waals surface area contributed by atoms with Gasteiger partial charge in [0.05, 0.1) is 11.8 Å². The summed E-state index contributed by atoms with van der Waals surface area (Å²) < 4.78 is 19.7. The minimum atomic E-state index is -0.594. The number of nitrogens with one attached hydrogen (secondary N) is 3. The van der Waals surface area contributed by atoms with Crippen LogP contribution in [-0.2, 0) is 11.3 Å². The van der Waals surface area contributed by atoms with Crippen molar-refractivity contribution in [1.29, 1.82) is 0 Å². The zero-order chi connectivity index (χ0) is 22.8. The van der Waals surface area contributed by atoms with Crippen LogP contribution in [0.5, 0.6) is 5.75 Å². The first-order valence-electron chi connectivity index (χ1n) is 9.59. The zero-order valence-electron chi connectivity index (χ0n) is 17.2. The third-order valence-electron chi connectivity index (χ3n) is 3.78. The van der Waals surface area contributed by atoms with E-state index in [0.29, 0.717) is 11.6 Å². The van der Waals surface area contributed by atoms with E-state index in [9.17, 15) is 14.0 Å². The molecule has 0 spiro atoms. The first kappa shape index (κ1) is 23.9. The summed E-state index contributed by atoms with van der Waals surface area (Å²) >= 11 is 5.89. The van der Waals surface area contributed by atoms with Gasteiger partial charge in [-0.25, -0.2) is 14.2 Å². The highest BCUT2D eigenvalue weighted by molar-refractivity contribution is 6.30. The minimum absolute atomic E-state index is 0.000619. The van der Waals surface area contributed by atoms with Crippen LogP contribution in [0.25, 0.3) is 0 Å². The number of aliphatic imine (C=N–C) groups is 1. The molecule has 0 radical (unpaired) electrons. The van der Waals surface area contributed by atoms with E-state index in [1.807, 2.05) is 12.1 Å². The summed E-state index contributed by atoms with van der Waals surface area (Å²) in [6.45, 7) is 3.99. The van der Waals surface area contributed by atoms with Crippen LogP contribution < -0.4 is 26.4 Å². The number of nitrogens with zero attached hydrogens (tertiary/aromatic N) is 1. The zero-order valence-corrected chi connectivity index (χ0v) is 18.0. The lowest BCUT2D eigenvalue weighted by Gasteiger charge is -2.13. The Morgan fingerprint density at radius 2 is 1.87 bits per heavy atom. The van der Waals surface area contributed by atoms with Gasteiger partial charge in [-0.1, -0.05) is 23.7 Å². The maximum atomic E-state index is 14.3. The first-order chi connectivity index (χ1) is 14.7. The van der Waals surface area contributed by atoms with Crippen LogP contribution in [0.4, 0.5) is 14.9 Å². The summed E-state index contributed by atoms with van der Waals surface area (Å²) in [6, 6.07) is 10.8. The molecule has 0 atom stereocenters. The van der Waals surface area contributed by atoms with Gasteiger partial charge in [0, 0.05) is 30.6 Å². The van der Waals surface area contributed by atoms with Crippen molar-refractivity contribution in [1.82, 2.24) is 16.0 Å². The van der Waals surface area contributed by atoms with Crippen molar-refractivity contribution in [2.45, 2.75) is 32.9 Å². The van der Waals surface area contributed by atoms with Crippen molar-refractivity contribution < 1.29 is 18.7 Å². The van der Waals surface area contributed by atoms with Crippen LogP contribution in [0.3, 0.4) is 0 Å². The number of nitrogens with two attached hydrogens (primary N) is 1. The Labute approximate surface area is 185 Å². The number of guanidine groups is 1. The highest BCUT2D eigenvalue weighted by atomic mass is 35.5. The molecule has 0 aliphatic rings. The van der Waals surface area contributed by atoms with Gasteiger partial charge in [0.1, 0.15) is 0 Å². The molecule has 8 nitrogen and oxygen atoms in total. The predicted molar refractivity (Wildman–Crippen MR) is 118 cm³/mol. The minimum Gasteiger partial charge on any atom is -0.488 e. The van der Waals surface area contributed by atoms with Gasteiger partial charge in [-0.15, -0.1) is 0 Å². The monoisotopic (exact) mass is 449 g/mol. The number of benzene rings is 2. The number of carbonyl (C=O) groups is 2. The van der Waals surface area contributed by atoms with Crippen molar-refractivity contribution in [2.24, 2.45) is 10.7 Å². The maximum absolute atomic E-state index is 14.3. The molecule has 0 aliphatic carbocycles. The highest BCUT2D eigenvalue weighted by Gasteiger charge is 2.10. The second-order valence-electron chi connectivity index (χ2n) is 6.82. The molecular weight excluding hydrogens is 425 g/mol. The summed E-state index contributed by atoms with van der Waals surface area (Å²) in [5.41, 5.74) is 6.22. The topological polar surface area (TPSA) is 118 Å². The van der Waals surface area contributed by atoms with Gasteiger partial charge in [-0.3, -0.25) is 10.1 Å². The average Bonchev–Trinajstić information content (AvgIpc) is 2.69. The molecule has 0 aromatic heterocycles. The molecule has 0 bridgehead atoms. The molecule has 2 aromatic rings. The summed E-state index contributed by atoms with van der Waals surface area (Å²) in [7, 11) is 0. The van der Waals surface area contributed by atoms with E-state index in [1.165, 1.54) is 12.1 Å². The number of halogens is 2. The lowest BCUT2D eigenvalue weighted by molar-refractivity contribution is -0.117. The molecule has 0 saturated carbocycles. The first-order valence-corrected chi connectivity index (χ1v) is 9.97. The Morgan fingerprint density at radius 1 is 1.16 bits per heavy atom. The number of hydrogen-bond acceptors (Lipinski definition) is 4. The molecule has 0 aliphatic heterocycles. The van der Waals surface area contributed by atoms with Crippen molar-refractivity contribution >= 4 is 35.2 Å². The van der Waals surface area contributed by atoms with Crippen LogP contribution in [0.2, 0.25) is 5.02 Å². The van der Waals surface area contributed by atoms with Gasteiger partial charge in [0.25, 0.3) is 0 Å². The van der Waals surface area contributed by atoms with E-state index < -0.39 is 17.8 Å². The smallest absolute Gasteiger partial charge is 0.321 e. The van der Waals surface area contributed by atoms with Crippen LogP contribution in [0.1, 0.15) is 25.8 Å². The van der Waals surface area contributed by atoms with Crippen molar-refractivity contribution in [2.75, 3.05) is 6.54 Å². The molecule has 10 heteroatoms. The molecule has 2 aromatic carbocycles. The van der Waals surface area contributed by atoms with Crippen LogP contribution in [0, 0.1) is 5.82 Å². The van der Waals surface area contributed by atoms with E-state index in [1.54, 1.807) is 32.0 Å². The van der Waals surface area contributed by atoms with Crippen LogP contribution in [0.15, 0.2) is 47.5 Å². The Morgan fingerprint density at radius 3 is 2.48 bits per heavy atom. The Kier molecular flexibility index (Phi) is 9.08. The summed E-state index contributed by atoms with van der Waals surface area (Å²) in [5, 5.41) is 8.63. The molecule has 3 amide bonds. The Balaban J connectivity index is 2.14. The lowest BCUT2D eigenvalue weighted by atomic mass is 10.2. The van der Waals surface area contributed by atoms with Crippen molar-refractivity contribution in [3.63, 3.8) is 0 Å². The lowest BCUT2D eigenvalue weighted by Crippen LogP contribution is -2.46. The van der Waals surface area contributed by atoms with Gasteiger partial charge in [-0.2, -0.15) is 0 Å². The SMILES string of the molecule is CC(C)Oc1ccc(/N=C(/NCc2ccc(Cl)cc2)NC(=O)NCCC(N)=O)cc1F. The summed E-state index contributed by atoms with van der Waals surface area (Å²) in [5.74, 6) is -0.905. The second kappa shape index (κ2) is 11.8. The van der Waals surface area contributed by atoms with E-state index in [2.05, 4.69) is 20.9 Å². The fourth-order valence-electron chi connectivity index (χ4n) is 2.39. The van der Waals surface area contributed by atoms with Gasteiger partial charge in [0.15, 0.2) is 11.6 Å². The standard InChI is InChI=1S/C21H25ClFN5O3/c1-13(2)31-18-8-7-16(11-17(18)23)27-20(28-21(30)25-10-9-19(24)29)26-12-14-3-5-15(22)6-4-14/h3-8,11,13H,9-10,12H2,1-2H3,(H2,24,29)(H3,25,26,27,28,30). The number of ether oxygens (including phenoxy) is 1. The summed E-state index contributed by atoms with van der Waals surface area (Å²) in [4.78, 5) is 27.2. The third-order valence-corrected chi connectivity index (χ3v) is 4.03. The van der Waals surface area contributed by atoms with Gasteiger partial charge >= 0.3 is 6.03 Å². The molecule has 2 rings (SSSR count). The normalized spacial score (nSPS) is 11.2. The van der Waals surface area contributed by atoms with Crippen LogP contribution >= 0.6 is 11.6 Å². The quantitative estimate of drug-likeness (QED) is 0.365. The van der Waals surface area contributed by atoms with E-state index >= 15 is 0 Å². The molecule has 5 N–H and O–H groups in total. The third kappa shape index (κ3) is 8.91. The summed E-state index contributed by atoms with van der Waals surface area (Å²) in [6.07, 6.45) is -0.174. The maximum Gasteiger partial charge on any atom is 0.321 e. The number of amides is 3. The van der Waals surface area contributed by atoms with Gasteiger partial charge < -0.3 is 21.1 Å². The fraction of sp³-hybridized carbons (Fsp3) is 0.286. The number of primary amides is 1. The largest absolute Gasteiger partial charge is 0.488 e. The highest BCUT2D eigenvalue weighted by Crippen LogP contribution is 2.24. The molecule has 31 heavy (non-hydrogen) atoms. The van der Waals surface area contributed by atoms with Gasteiger partial charge in [0.2, 0.25) is 11.9 Å². The van der Waals surface area contributed by atoms with E-state index in [4.69, 9.17) is 22.1 Å². The Bertz CT molecular complexity index is 935. The molecule has 166 valence electrons. The van der Waals surface area contributed by atoms with E-state index in [-0.39, 0.29) is 36.5 Å². The van der Waals surface area contributed by atoms with Gasteiger partial charge in [-0.05, 0) is 43.7 Å². The molecular formula is C21H25ClFN5O3.